The third-order valence-electron chi connectivity index (χ3n) is 10.1. The van der Waals surface area contributed by atoms with Crippen LogP contribution in [0.2, 0.25) is 0 Å². The summed E-state index contributed by atoms with van der Waals surface area (Å²) in [6.07, 6.45) is 1.84. The Morgan fingerprint density at radius 2 is 0.836 bits per heavy atom. The number of fused-ring (bicyclic) bond motifs is 3. The molecule has 0 unspecified atom stereocenters. The molecule has 4 heteroatoms. The van der Waals surface area contributed by atoms with Crippen molar-refractivity contribution in [1.82, 2.24) is 15.0 Å². The maximum absolute atomic E-state index is 6.55. The monoisotopic (exact) mass is 703 g/mol. The van der Waals surface area contributed by atoms with E-state index in [9.17, 15) is 0 Å². The van der Waals surface area contributed by atoms with E-state index in [1.165, 1.54) is 0 Å². The zero-order valence-electron chi connectivity index (χ0n) is 29.8. The predicted octanol–water partition coefficient (Wildman–Crippen LogP) is 13.4. The minimum Gasteiger partial charge on any atom is -0.455 e. The van der Waals surface area contributed by atoms with Gasteiger partial charge in [-0.05, 0) is 88.5 Å². The molecule has 55 heavy (non-hydrogen) atoms. The summed E-state index contributed by atoms with van der Waals surface area (Å²) in [5.41, 5.74) is 14.7. The Morgan fingerprint density at radius 3 is 1.47 bits per heavy atom. The van der Waals surface area contributed by atoms with Gasteiger partial charge < -0.3 is 4.42 Å². The summed E-state index contributed by atoms with van der Waals surface area (Å²) in [7, 11) is 0. The lowest BCUT2D eigenvalue weighted by atomic mass is 9.93. The summed E-state index contributed by atoms with van der Waals surface area (Å²) in [6.45, 7) is 0. The number of para-hydroxylation sites is 2. The highest BCUT2D eigenvalue weighted by Crippen LogP contribution is 2.40. The fraction of sp³-hybridized carbons (Fsp3) is 0. The molecule has 0 atom stereocenters. The van der Waals surface area contributed by atoms with Crippen LogP contribution >= 0.6 is 0 Å². The van der Waals surface area contributed by atoms with Gasteiger partial charge in [0.2, 0.25) is 0 Å². The maximum atomic E-state index is 6.55. The van der Waals surface area contributed by atoms with Gasteiger partial charge in [-0.25, -0.2) is 9.97 Å². The lowest BCUT2D eigenvalue weighted by molar-refractivity contribution is 0.670. The summed E-state index contributed by atoms with van der Waals surface area (Å²) >= 11 is 0. The molecule has 10 aromatic rings. The van der Waals surface area contributed by atoms with Gasteiger partial charge >= 0.3 is 0 Å². The van der Waals surface area contributed by atoms with Crippen molar-refractivity contribution in [1.29, 1.82) is 0 Å². The fourth-order valence-electron chi connectivity index (χ4n) is 7.42. The molecule has 0 aliphatic heterocycles. The second-order valence-electron chi connectivity index (χ2n) is 13.7. The van der Waals surface area contributed by atoms with E-state index in [-0.39, 0.29) is 0 Å². The third-order valence-corrected chi connectivity index (χ3v) is 10.1. The van der Waals surface area contributed by atoms with Crippen LogP contribution in [0, 0.1) is 0 Å². The first-order chi connectivity index (χ1) is 27.2. The van der Waals surface area contributed by atoms with Gasteiger partial charge in [-0.2, -0.15) is 0 Å². The molecule has 7 aromatic carbocycles. The van der Waals surface area contributed by atoms with E-state index in [2.05, 4.69) is 140 Å². The van der Waals surface area contributed by atoms with Crippen molar-refractivity contribution >= 4 is 21.9 Å². The number of benzene rings is 7. The van der Waals surface area contributed by atoms with E-state index in [0.717, 1.165) is 94.7 Å². The normalized spacial score (nSPS) is 11.3. The molecule has 0 aliphatic rings. The van der Waals surface area contributed by atoms with Gasteiger partial charge in [0.1, 0.15) is 11.2 Å². The third kappa shape index (κ3) is 6.26. The highest BCUT2D eigenvalue weighted by Gasteiger charge is 2.18. The topological polar surface area (TPSA) is 51.8 Å². The van der Waals surface area contributed by atoms with Gasteiger partial charge in [0.05, 0.1) is 17.1 Å². The van der Waals surface area contributed by atoms with E-state index in [0.29, 0.717) is 5.82 Å². The zero-order valence-corrected chi connectivity index (χ0v) is 29.8. The van der Waals surface area contributed by atoms with Crippen molar-refractivity contribution in [3.05, 3.63) is 200 Å². The van der Waals surface area contributed by atoms with Crippen LogP contribution in [0.25, 0.3) is 100 Å². The summed E-state index contributed by atoms with van der Waals surface area (Å²) in [5.74, 6) is 0.656. The number of furan rings is 1. The molecule has 0 spiro atoms. The molecular formula is C51H33N3O. The smallest absolute Gasteiger partial charge is 0.160 e. The van der Waals surface area contributed by atoms with Crippen LogP contribution in [-0.4, -0.2) is 15.0 Å². The number of aromatic nitrogens is 3. The molecule has 258 valence electrons. The van der Waals surface area contributed by atoms with Crippen LogP contribution in [0.1, 0.15) is 0 Å². The molecule has 0 fully saturated rings. The molecular weight excluding hydrogens is 671 g/mol. The van der Waals surface area contributed by atoms with E-state index in [1.807, 2.05) is 60.8 Å². The second-order valence-corrected chi connectivity index (χ2v) is 13.7. The van der Waals surface area contributed by atoms with Crippen LogP contribution in [-0.2, 0) is 0 Å². The molecule has 3 heterocycles. The number of hydrogen-bond donors (Lipinski definition) is 0. The average molecular weight is 704 g/mol. The standard InChI is InChI=1S/C51H33N3O/c1-4-15-34(16-5-1)37-27-39(43-22-14-23-45-44-21-10-11-25-49(44)55-50(43)45)31-41(29-37)47-33-48(54-51(53-47)36-19-8-3-9-20-36)42-30-38(35-17-6-2-7-18-35)28-40(32-42)46-24-12-13-26-52-46/h1-33H. The van der Waals surface area contributed by atoms with Crippen LogP contribution in [0.4, 0.5) is 0 Å². The van der Waals surface area contributed by atoms with E-state index < -0.39 is 0 Å². The Labute approximate surface area is 319 Å². The maximum Gasteiger partial charge on any atom is 0.160 e. The lowest BCUT2D eigenvalue weighted by Crippen LogP contribution is -1.97. The minimum atomic E-state index is 0.656. The molecule has 4 nitrogen and oxygen atoms in total. The average Bonchev–Trinajstić information content (AvgIpc) is 3.66. The quantitative estimate of drug-likeness (QED) is 0.166. The number of pyridine rings is 1. The van der Waals surface area contributed by atoms with Gasteiger partial charge in [0.25, 0.3) is 0 Å². The first-order valence-corrected chi connectivity index (χ1v) is 18.4. The minimum absolute atomic E-state index is 0.656. The van der Waals surface area contributed by atoms with Crippen LogP contribution < -0.4 is 0 Å². The SMILES string of the molecule is c1ccc(-c2cc(-c3ccccn3)cc(-c3cc(-c4cc(-c5ccccc5)cc(-c5cccc6c5oc5ccccc56)c4)nc(-c4ccccc4)n3)c2)cc1. The molecule has 0 amide bonds. The molecule has 0 aliphatic carbocycles. The summed E-state index contributed by atoms with van der Waals surface area (Å²) < 4.78 is 6.55. The van der Waals surface area contributed by atoms with Gasteiger partial charge in [-0.3, -0.25) is 4.98 Å². The molecule has 0 radical (unpaired) electrons. The molecule has 0 N–H and O–H groups in total. The summed E-state index contributed by atoms with van der Waals surface area (Å²) in [5, 5.41) is 2.20. The summed E-state index contributed by atoms with van der Waals surface area (Å²) in [6, 6.07) is 67.3. The van der Waals surface area contributed by atoms with Crippen molar-refractivity contribution < 1.29 is 4.42 Å². The molecule has 0 saturated heterocycles. The number of rotatable bonds is 7. The van der Waals surface area contributed by atoms with Crippen molar-refractivity contribution in [2.24, 2.45) is 0 Å². The molecule has 0 bridgehead atoms. The first kappa shape index (κ1) is 32.2. The van der Waals surface area contributed by atoms with Gasteiger partial charge in [0, 0.05) is 44.8 Å². The predicted molar refractivity (Wildman–Crippen MR) is 225 cm³/mol. The first-order valence-electron chi connectivity index (χ1n) is 18.4. The van der Waals surface area contributed by atoms with Gasteiger partial charge in [-0.15, -0.1) is 0 Å². The Hall–Kier alpha value is -7.43. The molecule has 0 saturated carbocycles. The lowest BCUT2D eigenvalue weighted by Gasteiger charge is -2.14. The van der Waals surface area contributed by atoms with E-state index >= 15 is 0 Å². The van der Waals surface area contributed by atoms with E-state index in [4.69, 9.17) is 19.4 Å². The van der Waals surface area contributed by atoms with Crippen LogP contribution in [0.3, 0.4) is 0 Å². The van der Waals surface area contributed by atoms with Gasteiger partial charge in [0.15, 0.2) is 5.82 Å². The molecule has 10 rings (SSSR count). The second kappa shape index (κ2) is 13.8. The Morgan fingerprint density at radius 1 is 0.327 bits per heavy atom. The van der Waals surface area contributed by atoms with Gasteiger partial charge in [-0.1, -0.05) is 133 Å². The van der Waals surface area contributed by atoms with Crippen molar-refractivity contribution in [3.63, 3.8) is 0 Å². The van der Waals surface area contributed by atoms with E-state index in [1.54, 1.807) is 0 Å². The molecule has 3 aromatic heterocycles. The van der Waals surface area contributed by atoms with Crippen molar-refractivity contribution in [2.75, 3.05) is 0 Å². The van der Waals surface area contributed by atoms with Crippen molar-refractivity contribution in [3.8, 4) is 78.5 Å². The van der Waals surface area contributed by atoms with Crippen LogP contribution in [0.5, 0.6) is 0 Å². The highest BCUT2D eigenvalue weighted by atomic mass is 16.3. The Bertz CT molecular complexity index is 2900. The van der Waals surface area contributed by atoms with Crippen molar-refractivity contribution in [2.45, 2.75) is 0 Å². The number of nitrogens with zero attached hydrogens (tertiary/aromatic N) is 3. The largest absolute Gasteiger partial charge is 0.455 e. The number of hydrogen-bond acceptors (Lipinski definition) is 4. The Kier molecular flexibility index (Phi) is 8.12. The summed E-state index contributed by atoms with van der Waals surface area (Å²) in [4.78, 5) is 15.2. The zero-order chi connectivity index (χ0) is 36.6. The van der Waals surface area contributed by atoms with Crippen LogP contribution in [0.15, 0.2) is 205 Å². The Balaban J connectivity index is 1.21. The fourth-order valence-corrected chi connectivity index (χ4v) is 7.42. The highest BCUT2D eigenvalue weighted by molar-refractivity contribution is 6.09.